The summed E-state index contributed by atoms with van der Waals surface area (Å²) in [6, 6.07) is 0. The minimum absolute atomic E-state index is 0.245. The van der Waals surface area contributed by atoms with E-state index in [4.69, 9.17) is 9.47 Å². The van der Waals surface area contributed by atoms with Crippen LogP contribution in [0, 0.1) is 28.6 Å². The van der Waals surface area contributed by atoms with Gasteiger partial charge in [0.2, 0.25) is 0 Å². The second kappa shape index (κ2) is 9.03. The van der Waals surface area contributed by atoms with Crippen molar-refractivity contribution in [2.45, 2.75) is 85.0 Å². The Morgan fingerprint density at radius 3 is 2.12 bits per heavy atom. The van der Waals surface area contributed by atoms with Gasteiger partial charge >= 0.3 is 0 Å². The maximum absolute atomic E-state index is 5.74. The highest BCUT2D eigenvalue weighted by Gasteiger charge is 2.41. The van der Waals surface area contributed by atoms with Crippen LogP contribution in [0.5, 0.6) is 0 Å². The zero-order chi connectivity index (χ0) is 17.6. The molecule has 142 valence electrons. The van der Waals surface area contributed by atoms with E-state index in [-0.39, 0.29) is 5.41 Å². The molecule has 2 atom stereocenters. The Balaban J connectivity index is 2.03. The van der Waals surface area contributed by atoms with E-state index in [1.165, 1.54) is 64.2 Å². The molecular weight excluding hydrogens is 296 g/mol. The molecular formula is C22H42O2. The van der Waals surface area contributed by atoms with Crippen LogP contribution < -0.4 is 0 Å². The average Bonchev–Trinajstić information content (AvgIpc) is 2.52. The number of rotatable bonds is 8. The van der Waals surface area contributed by atoms with E-state index in [0.717, 1.165) is 31.0 Å². The molecule has 0 aromatic heterocycles. The number of methoxy groups -OCH3 is 2. The largest absolute Gasteiger partial charge is 0.384 e. The van der Waals surface area contributed by atoms with Gasteiger partial charge in [0.25, 0.3) is 0 Å². The van der Waals surface area contributed by atoms with E-state index in [9.17, 15) is 0 Å². The summed E-state index contributed by atoms with van der Waals surface area (Å²) in [4.78, 5) is 0. The summed E-state index contributed by atoms with van der Waals surface area (Å²) in [6.45, 7) is 9.13. The van der Waals surface area contributed by atoms with E-state index >= 15 is 0 Å². The van der Waals surface area contributed by atoms with Gasteiger partial charge in [-0.25, -0.2) is 0 Å². The van der Waals surface area contributed by atoms with Crippen LogP contribution in [-0.2, 0) is 9.47 Å². The first-order valence-electron chi connectivity index (χ1n) is 10.4. The summed E-state index contributed by atoms with van der Waals surface area (Å²) in [7, 11) is 3.75. The molecule has 2 aliphatic carbocycles. The molecule has 0 bridgehead atoms. The molecule has 2 heteroatoms. The van der Waals surface area contributed by atoms with E-state index in [1.54, 1.807) is 0 Å². The van der Waals surface area contributed by atoms with Crippen molar-refractivity contribution in [3.63, 3.8) is 0 Å². The van der Waals surface area contributed by atoms with Gasteiger partial charge in [0.05, 0.1) is 13.2 Å². The second-order valence-electron chi connectivity index (χ2n) is 9.88. The van der Waals surface area contributed by atoms with Gasteiger partial charge in [-0.2, -0.15) is 0 Å². The first kappa shape index (κ1) is 20.2. The Morgan fingerprint density at radius 2 is 1.58 bits per heavy atom. The van der Waals surface area contributed by atoms with Crippen LogP contribution in [0.15, 0.2) is 0 Å². The van der Waals surface area contributed by atoms with Crippen LogP contribution in [0.2, 0.25) is 0 Å². The quantitative estimate of drug-likeness (QED) is 0.533. The lowest BCUT2D eigenvalue weighted by atomic mass is 9.63. The summed E-state index contributed by atoms with van der Waals surface area (Å²) in [5, 5.41) is 0. The highest BCUT2D eigenvalue weighted by atomic mass is 16.5. The number of hydrogen-bond acceptors (Lipinski definition) is 2. The van der Waals surface area contributed by atoms with Gasteiger partial charge in [0.15, 0.2) is 0 Å². The SMILES string of the molecule is COCC(CCC1CC(C)CC(C)(C)C1)(COC)C1CCCCC1. The predicted octanol–water partition coefficient (Wildman–Crippen LogP) is 6.09. The van der Waals surface area contributed by atoms with Crippen LogP contribution in [0.4, 0.5) is 0 Å². The molecule has 2 rings (SSSR count). The molecule has 0 saturated heterocycles. The minimum atomic E-state index is 0.245. The molecule has 24 heavy (non-hydrogen) atoms. The topological polar surface area (TPSA) is 18.5 Å². The molecule has 0 aromatic rings. The molecule has 0 spiro atoms. The second-order valence-corrected chi connectivity index (χ2v) is 9.88. The third kappa shape index (κ3) is 5.46. The molecule has 0 radical (unpaired) electrons. The Bertz CT molecular complexity index is 351. The van der Waals surface area contributed by atoms with Crippen molar-refractivity contribution in [3.05, 3.63) is 0 Å². The average molecular weight is 339 g/mol. The maximum Gasteiger partial charge on any atom is 0.0543 e. The third-order valence-electron chi connectivity index (χ3n) is 6.86. The molecule has 0 aromatic carbocycles. The van der Waals surface area contributed by atoms with Crippen molar-refractivity contribution in [2.24, 2.45) is 28.6 Å². The zero-order valence-electron chi connectivity index (χ0n) is 17.0. The van der Waals surface area contributed by atoms with Gasteiger partial charge in [0, 0.05) is 19.6 Å². The highest BCUT2D eigenvalue weighted by Crippen LogP contribution is 2.47. The summed E-state index contributed by atoms with van der Waals surface area (Å²) in [5.41, 5.74) is 0.771. The molecule has 2 unspecified atom stereocenters. The van der Waals surface area contributed by atoms with Gasteiger partial charge in [-0.05, 0) is 68.1 Å². The first-order chi connectivity index (χ1) is 11.4. The molecule has 0 aliphatic heterocycles. The van der Waals surface area contributed by atoms with Gasteiger partial charge in [-0.3, -0.25) is 0 Å². The van der Waals surface area contributed by atoms with Crippen LogP contribution in [0.3, 0.4) is 0 Å². The lowest BCUT2D eigenvalue weighted by Crippen LogP contribution is -2.41. The molecule has 0 N–H and O–H groups in total. The Morgan fingerprint density at radius 1 is 0.958 bits per heavy atom. The molecule has 2 fully saturated rings. The molecule has 0 amide bonds. The fourth-order valence-electron chi connectivity index (χ4n) is 6.17. The van der Waals surface area contributed by atoms with Crippen molar-refractivity contribution < 1.29 is 9.47 Å². The highest BCUT2D eigenvalue weighted by molar-refractivity contribution is 4.90. The minimum Gasteiger partial charge on any atom is -0.384 e. The maximum atomic E-state index is 5.74. The normalized spacial score (nSPS) is 28.9. The zero-order valence-corrected chi connectivity index (χ0v) is 17.0. The smallest absolute Gasteiger partial charge is 0.0543 e. The Hall–Kier alpha value is -0.0800. The van der Waals surface area contributed by atoms with Crippen molar-refractivity contribution in [3.8, 4) is 0 Å². The lowest BCUT2D eigenvalue weighted by Gasteiger charge is -2.44. The van der Waals surface area contributed by atoms with Crippen LogP contribution in [-0.4, -0.2) is 27.4 Å². The lowest BCUT2D eigenvalue weighted by molar-refractivity contribution is -0.0521. The summed E-state index contributed by atoms with van der Waals surface area (Å²) in [5.74, 6) is 2.56. The van der Waals surface area contributed by atoms with Gasteiger partial charge in [-0.1, -0.05) is 40.0 Å². The molecule has 2 saturated carbocycles. The summed E-state index contributed by atoms with van der Waals surface area (Å²) < 4.78 is 11.5. The first-order valence-corrected chi connectivity index (χ1v) is 10.4. The number of ether oxygens (including phenoxy) is 2. The summed E-state index contributed by atoms with van der Waals surface area (Å²) in [6.07, 6.45) is 13.8. The Kier molecular flexibility index (Phi) is 7.61. The van der Waals surface area contributed by atoms with E-state index in [0.29, 0.717) is 5.41 Å². The predicted molar refractivity (Wildman–Crippen MR) is 102 cm³/mol. The van der Waals surface area contributed by atoms with Crippen molar-refractivity contribution in [1.29, 1.82) is 0 Å². The number of hydrogen-bond donors (Lipinski definition) is 0. The summed E-state index contributed by atoms with van der Waals surface area (Å²) >= 11 is 0. The van der Waals surface area contributed by atoms with Crippen LogP contribution in [0.25, 0.3) is 0 Å². The third-order valence-corrected chi connectivity index (χ3v) is 6.86. The van der Waals surface area contributed by atoms with Crippen LogP contribution >= 0.6 is 0 Å². The van der Waals surface area contributed by atoms with Crippen molar-refractivity contribution in [2.75, 3.05) is 27.4 Å². The molecule has 0 heterocycles. The van der Waals surface area contributed by atoms with Gasteiger partial charge < -0.3 is 9.47 Å². The Labute approximate surface area is 151 Å². The van der Waals surface area contributed by atoms with Gasteiger partial charge in [-0.15, -0.1) is 0 Å². The van der Waals surface area contributed by atoms with E-state index < -0.39 is 0 Å². The van der Waals surface area contributed by atoms with Crippen molar-refractivity contribution in [1.82, 2.24) is 0 Å². The van der Waals surface area contributed by atoms with Crippen LogP contribution in [0.1, 0.15) is 85.0 Å². The monoisotopic (exact) mass is 338 g/mol. The fraction of sp³-hybridized carbons (Fsp3) is 1.00. The molecule has 2 nitrogen and oxygen atoms in total. The fourth-order valence-corrected chi connectivity index (χ4v) is 6.17. The van der Waals surface area contributed by atoms with E-state index in [2.05, 4.69) is 20.8 Å². The van der Waals surface area contributed by atoms with Crippen molar-refractivity contribution >= 4 is 0 Å². The molecule has 2 aliphatic rings. The van der Waals surface area contributed by atoms with E-state index in [1.807, 2.05) is 14.2 Å². The van der Waals surface area contributed by atoms with Gasteiger partial charge in [0.1, 0.15) is 0 Å². The standard InChI is InChI=1S/C22H42O2/c1-18-13-19(15-21(2,3)14-18)11-12-22(16-23-4,17-24-5)20-9-7-6-8-10-20/h18-20H,6-17H2,1-5H3.